The van der Waals surface area contributed by atoms with E-state index in [4.69, 9.17) is 10.5 Å². The van der Waals surface area contributed by atoms with Crippen molar-refractivity contribution in [2.24, 2.45) is 0 Å². The van der Waals surface area contributed by atoms with Gasteiger partial charge >= 0.3 is 0 Å². The molecule has 5 rings (SSSR count). The number of hydrogen-bond donors (Lipinski definition) is 1. The Bertz CT molecular complexity index is 1190. The Labute approximate surface area is 196 Å². The largest absolute Gasteiger partial charge is 0.490 e. The second-order valence-corrected chi connectivity index (χ2v) is 9.67. The normalized spacial score (nSPS) is 18.8. The molecule has 1 atom stereocenters. The van der Waals surface area contributed by atoms with E-state index in [1.807, 2.05) is 25.1 Å². The highest BCUT2D eigenvalue weighted by atomic mass is 19.1. The van der Waals surface area contributed by atoms with Crippen molar-refractivity contribution in [3.05, 3.63) is 94.3 Å². The Hall–Kier alpha value is -3.07. The molecular weight excluding hydrogens is 409 g/mol. The Kier molecular flexibility index (Phi) is 5.97. The van der Waals surface area contributed by atoms with Gasteiger partial charge in [0.05, 0.1) is 6.10 Å². The lowest BCUT2D eigenvalue weighted by Crippen LogP contribution is -2.10. The SMILES string of the molecule is Cc1ccc(C2=C(c3ccc(OC4CCCC4)cc3)c3ccc(N)cc3C(C)CC2)c(F)c1. The van der Waals surface area contributed by atoms with Crippen molar-refractivity contribution < 1.29 is 9.13 Å². The molecule has 1 saturated carbocycles. The first-order valence-electron chi connectivity index (χ1n) is 12.2. The summed E-state index contributed by atoms with van der Waals surface area (Å²) in [6.45, 7) is 4.17. The highest BCUT2D eigenvalue weighted by Crippen LogP contribution is 2.44. The van der Waals surface area contributed by atoms with Crippen LogP contribution < -0.4 is 10.5 Å². The molecule has 0 saturated heterocycles. The number of anilines is 1. The van der Waals surface area contributed by atoms with Gasteiger partial charge in [-0.15, -0.1) is 0 Å². The molecular formula is C30H32FNO. The Morgan fingerprint density at radius 2 is 1.61 bits per heavy atom. The van der Waals surface area contributed by atoms with E-state index in [0.29, 0.717) is 17.6 Å². The van der Waals surface area contributed by atoms with Crippen LogP contribution in [0.3, 0.4) is 0 Å². The van der Waals surface area contributed by atoms with Gasteiger partial charge in [0, 0.05) is 11.3 Å². The summed E-state index contributed by atoms with van der Waals surface area (Å²) in [4.78, 5) is 0. The molecule has 3 aromatic rings. The van der Waals surface area contributed by atoms with Crippen LogP contribution in [-0.2, 0) is 0 Å². The number of rotatable bonds is 4. The van der Waals surface area contributed by atoms with Gasteiger partial charge in [-0.1, -0.05) is 37.3 Å². The molecule has 3 heteroatoms. The number of fused-ring (bicyclic) bond motifs is 1. The number of allylic oxidation sites excluding steroid dienone is 1. The summed E-state index contributed by atoms with van der Waals surface area (Å²) in [5, 5.41) is 0. The van der Waals surface area contributed by atoms with Gasteiger partial charge in [0.1, 0.15) is 11.6 Å². The van der Waals surface area contributed by atoms with E-state index in [9.17, 15) is 0 Å². The molecule has 170 valence electrons. The predicted octanol–water partition coefficient (Wildman–Crippen LogP) is 7.89. The van der Waals surface area contributed by atoms with Gasteiger partial charge < -0.3 is 10.5 Å². The molecule has 0 aromatic heterocycles. The fourth-order valence-electron chi connectivity index (χ4n) is 5.38. The third-order valence-electron chi connectivity index (χ3n) is 7.20. The molecule has 2 aliphatic rings. The second kappa shape index (κ2) is 9.05. The quantitative estimate of drug-likeness (QED) is 0.418. The minimum absolute atomic E-state index is 0.157. The molecule has 33 heavy (non-hydrogen) atoms. The van der Waals surface area contributed by atoms with Gasteiger partial charge in [0.25, 0.3) is 0 Å². The molecule has 0 aliphatic heterocycles. The summed E-state index contributed by atoms with van der Waals surface area (Å²) in [7, 11) is 0. The van der Waals surface area contributed by atoms with E-state index < -0.39 is 0 Å². The van der Waals surface area contributed by atoms with Crippen molar-refractivity contribution in [2.45, 2.75) is 64.4 Å². The van der Waals surface area contributed by atoms with Gasteiger partial charge in [0.15, 0.2) is 0 Å². The molecule has 2 aliphatic carbocycles. The summed E-state index contributed by atoms with van der Waals surface area (Å²) in [5.41, 5.74) is 14.2. The number of benzene rings is 3. The average molecular weight is 442 g/mol. The maximum Gasteiger partial charge on any atom is 0.130 e. The first kappa shape index (κ1) is 21.8. The zero-order valence-electron chi connectivity index (χ0n) is 19.5. The van der Waals surface area contributed by atoms with Crippen LogP contribution in [0.25, 0.3) is 11.1 Å². The fraction of sp³-hybridized carbons (Fsp3) is 0.333. The number of ether oxygens (including phenoxy) is 1. The van der Waals surface area contributed by atoms with E-state index >= 15 is 4.39 Å². The first-order chi connectivity index (χ1) is 16.0. The molecule has 0 spiro atoms. The predicted molar refractivity (Wildman–Crippen MR) is 135 cm³/mol. The van der Waals surface area contributed by atoms with Crippen molar-refractivity contribution in [3.8, 4) is 5.75 Å². The zero-order valence-corrected chi connectivity index (χ0v) is 19.5. The van der Waals surface area contributed by atoms with Gasteiger partial charge in [-0.2, -0.15) is 0 Å². The minimum atomic E-state index is -0.157. The number of aryl methyl sites for hydroxylation is 1. The molecule has 2 nitrogen and oxygen atoms in total. The van der Waals surface area contributed by atoms with Crippen LogP contribution in [0.1, 0.15) is 79.2 Å². The minimum Gasteiger partial charge on any atom is -0.490 e. The van der Waals surface area contributed by atoms with Crippen LogP contribution in [0, 0.1) is 12.7 Å². The molecule has 1 unspecified atom stereocenters. The van der Waals surface area contributed by atoms with Crippen LogP contribution in [0.15, 0.2) is 60.7 Å². The van der Waals surface area contributed by atoms with Crippen molar-refractivity contribution in [2.75, 3.05) is 5.73 Å². The fourth-order valence-corrected chi connectivity index (χ4v) is 5.38. The number of hydrogen-bond acceptors (Lipinski definition) is 2. The van der Waals surface area contributed by atoms with Crippen LogP contribution in [-0.4, -0.2) is 6.10 Å². The summed E-state index contributed by atoms with van der Waals surface area (Å²) in [5.74, 6) is 1.10. The maximum absolute atomic E-state index is 15.2. The van der Waals surface area contributed by atoms with E-state index in [2.05, 4.69) is 43.3 Å². The van der Waals surface area contributed by atoms with E-state index in [-0.39, 0.29) is 5.82 Å². The molecule has 0 bridgehead atoms. The van der Waals surface area contributed by atoms with Gasteiger partial charge in [-0.25, -0.2) is 4.39 Å². The monoisotopic (exact) mass is 441 g/mol. The molecule has 0 amide bonds. The van der Waals surface area contributed by atoms with E-state index in [0.717, 1.165) is 65.0 Å². The lowest BCUT2D eigenvalue weighted by molar-refractivity contribution is 0.210. The first-order valence-corrected chi connectivity index (χ1v) is 12.2. The summed E-state index contributed by atoms with van der Waals surface area (Å²) in [6, 6.07) is 20.1. The summed E-state index contributed by atoms with van der Waals surface area (Å²) < 4.78 is 21.4. The third-order valence-corrected chi connectivity index (χ3v) is 7.20. The van der Waals surface area contributed by atoms with Crippen molar-refractivity contribution in [1.29, 1.82) is 0 Å². The smallest absolute Gasteiger partial charge is 0.130 e. The molecule has 3 aromatic carbocycles. The zero-order chi connectivity index (χ0) is 22.9. The summed E-state index contributed by atoms with van der Waals surface area (Å²) >= 11 is 0. The highest BCUT2D eigenvalue weighted by Gasteiger charge is 2.25. The number of nitrogens with two attached hydrogens (primary N) is 1. The molecule has 0 radical (unpaired) electrons. The number of halogens is 1. The van der Waals surface area contributed by atoms with Crippen LogP contribution in [0.4, 0.5) is 10.1 Å². The lowest BCUT2D eigenvalue weighted by atomic mass is 9.86. The topological polar surface area (TPSA) is 35.2 Å². The maximum atomic E-state index is 15.2. The highest BCUT2D eigenvalue weighted by molar-refractivity contribution is 6.00. The van der Waals surface area contributed by atoms with Crippen LogP contribution >= 0.6 is 0 Å². The Balaban J connectivity index is 1.65. The third kappa shape index (κ3) is 4.42. The number of nitrogen functional groups attached to an aromatic ring is 1. The van der Waals surface area contributed by atoms with Crippen molar-refractivity contribution in [1.82, 2.24) is 0 Å². The van der Waals surface area contributed by atoms with Crippen molar-refractivity contribution in [3.63, 3.8) is 0 Å². The summed E-state index contributed by atoms with van der Waals surface area (Å²) in [6.07, 6.45) is 6.86. The Morgan fingerprint density at radius 3 is 2.33 bits per heavy atom. The Morgan fingerprint density at radius 1 is 0.879 bits per heavy atom. The lowest BCUT2D eigenvalue weighted by Gasteiger charge is -2.19. The van der Waals surface area contributed by atoms with Crippen molar-refractivity contribution >= 4 is 16.8 Å². The molecule has 2 N–H and O–H groups in total. The average Bonchev–Trinajstić information content (AvgIpc) is 3.26. The van der Waals surface area contributed by atoms with Gasteiger partial charge in [0.2, 0.25) is 0 Å². The molecule has 1 fully saturated rings. The van der Waals surface area contributed by atoms with Crippen LogP contribution in [0.2, 0.25) is 0 Å². The molecule has 0 heterocycles. The van der Waals surface area contributed by atoms with Crippen LogP contribution in [0.5, 0.6) is 5.75 Å². The van der Waals surface area contributed by atoms with E-state index in [1.54, 1.807) is 6.07 Å². The second-order valence-electron chi connectivity index (χ2n) is 9.67. The van der Waals surface area contributed by atoms with Gasteiger partial charge in [-0.05, 0) is 115 Å². The van der Waals surface area contributed by atoms with Gasteiger partial charge in [-0.3, -0.25) is 0 Å². The van der Waals surface area contributed by atoms with E-state index in [1.165, 1.54) is 18.4 Å². The standard InChI is InChI=1S/C30H32FNO/c1-19-7-14-25(29(31)17-19)26-15-8-20(2)28-18-22(32)11-16-27(28)30(26)21-9-12-24(13-10-21)33-23-5-3-4-6-23/h7,9-14,16-18,20,23H,3-6,8,15,32H2,1-2H3.